The fraction of sp³-hybridized carbons (Fsp3) is 0.429. The van der Waals surface area contributed by atoms with E-state index in [0.717, 1.165) is 10.0 Å². The number of aliphatic carboxylic acids is 1. The first-order valence-corrected chi connectivity index (χ1v) is 6.91. The van der Waals surface area contributed by atoms with Gasteiger partial charge in [0.05, 0.1) is 12.0 Å². The quantitative estimate of drug-likeness (QED) is 0.873. The lowest BCUT2D eigenvalue weighted by molar-refractivity contribution is -0.146. The van der Waals surface area contributed by atoms with Crippen molar-refractivity contribution in [3.8, 4) is 0 Å². The molecule has 0 heterocycles. The van der Waals surface area contributed by atoms with Gasteiger partial charge in [-0.1, -0.05) is 41.9 Å². The molecule has 1 amide bonds. The Morgan fingerprint density at radius 3 is 2.11 bits per heavy atom. The van der Waals surface area contributed by atoms with Crippen LogP contribution in [0.5, 0.6) is 0 Å². The minimum absolute atomic E-state index is 0.149. The maximum atomic E-state index is 12.0. The standard InChI is InChI=1S/C14H18BrNO3/c1-8(9(2)14(18)19)13(17)16-10(3)11-4-6-12(15)7-5-11/h4-10H,1-3H3,(H,16,17)(H,18,19)/t8?,9?,10-/m0/s1. The Morgan fingerprint density at radius 1 is 1.11 bits per heavy atom. The van der Waals surface area contributed by atoms with Crippen molar-refractivity contribution in [2.75, 3.05) is 0 Å². The van der Waals surface area contributed by atoms with E-state index in [1.54, 1.807) is 6.92 Å². The van der Waals surface area contributed by atoms with E-state index in [1.807, 2.05) is 31.2 Å². The van der Waals surface area contributed by atoms with Gasteiger partial charge in [0.15, 0.2) is 0 Å². The van der Waals surface area contributed by atoms with E-state index < -0.39 is 17.8 Å². The van der Waals surface area contributed by atoms with Gasteiger partial charge in [0.25, 0.3) is 0 Å². The molecule has 1 aromatic rings. The first-order valence-electron chi connectivity index (χ1n) is 6.11. The molecule has 3 atom stereocenters. The summed E-state index contributed by atoms with van der Waals surface area (Å²) in [5.41, 5.74) is 0.978. The van der Waals surface area contributed by atoms with Crippen molar-refractivity contribution in [1.29, 1.82) is 0 Å². The molecule has 0 saturated carbocycles. The number of carbonyl (C=O) groups is 2. The van der Waals surface area contributed by atoms with Crippen LogP contribution in [-0.4, -0.2) is 17.0 Å². The second-order valence-electron chi connectivity index (χ2n) is 4.70. The second kappa shape index (κ2) is 6.70. The highest BCUT2D eigenvalue weighted by Crippen LogP contribution is 2.18. The van der Waals surface area contributed by atoms with Crippen molar-refractivity contribution >= 4 is 27.8 Å². The summed E-state index contributed by atoms with van der Waals surface area (Å²) < 4.78 is 0.975. The molecule has 0 bridgehead atoms. The van der Waals surface area contributed by atoms with Gasteiger partial charge in [0, 0.05) is 10.4 Å². The number of carboxylic acid groups (broad SMARTS) is 1. The Bertz CT molecular complexity index is 458. The number of nitrogens with one attached hydrogen (secondary N) is 1. The van der Waals surface area contributed by atoms with Crippen LogP contribution in [0.25, 0.3) is 0 Å². The maximum absolute atomic E-state index is 12.0. The fourth-order valence-corrected chi connectivity index (χ4v) is 1.88. The number of rotatable bonds is 5. The lowest BCUT2D eigenvalue weighted by Gasteiger charge is -2.20. The van der Waals surface area contributed by atoms with E-state index in [-0.39, 0.29) is 11.9 Å². The lowest BCUT2D eigenvalue weighted by Crippen LogP contribution is -2.36. The molecule has 104 valence electrons. The van der Waals surface area contributed by atoms with Crippen LogP contribution in [0, 0.1) is 11.8 Å². The molecule has 1 aromatic carbocycles. The van der Waals surface area contributed by atoms with Gasteiger partial charge in [0.2, 0.25) is 5.91 Å². The van der Waals surface area contributed by atoms with E-state index in [2.05, 4.69) is 21.2 Å². The number of halogens is 1. The van der Waals surface area contributed by atoms with Crippen LogP contribution in [0.3, 0.4) is 0 Å². The summed E-state index contributed by atoms with van der Waals surface area (Å²) in [6, 6.07) is 7.49. The molecule has 5 heteroatoms. The van der Waals surface area contributed by atoms with Gasteiger partial charge >= 0.3 is 5.97 Å². The Labute approximate surface area is 121 Å². The molecular weight excluding hydrogens is 310 g/mol. The monoisotopic (exact) mass is 327 g/mol. The Balaban J connectivity index is 2.66. The molecule has 0 radical (unpaired) electrons. The van der Waals surface area contributed by atoms with E-state index in [1.165, 1.54) is 6.92 Å². The van der Waals surface area contributed by atoms with Crippen molar-refractivity contribution in [3.63, 3.8) is 0 Å². The molecule has 0 aliphatic carbocycles. The predicted octanol–water partition coefficient (Wildman–Crippen LogP) is 2.98. The fourth-order valence-electron chi connectivity index (χ4n) is 1.62. The van der Waals surface area contributed by atoms with Crippen molar-refractivity contribution in [3.05, 3.63) is 34.3 Å². The van der Waals surface area contributed by atoms with E-state index in [4.69, 9.17) is 5.11 Å². The highest BCUT2D eigenvalue weighted by Gasteiger charge is 2.26. The Hall–Kier alpha value is -1.36. The molecule has 0 aliphatic heterocycles. The smallest absolute Gasteiger partial charge is 0.307 e. The molecule has 2 N–H and O–H groups in total. The van der Waals surface area contributed by atoms with Crippen molar-refractivity contribution in [2.45, 2.75) is 26.8 Å². The van der Waals surface area contributed by atoms with E-state index >= 15 is 0 Å². The zero-order valence-corrected chi connectivity index (χ0v) is 12.8. The summed E-state index contributed by atoms with van der Waals surface area (Å²) in [5.74, 6) is -2.46. The van der Waals surface area contributed by atoms with E-state index in [0.29, 0.717) is 0 Å². The molecule has 0 aliphatic rings. The third-order valence-corrected chi connectivity index (χ3v) is 3.81. The molecular formula is C14H18BrNO3. The van der Waals surface area contributed by atoms with Crippen LogP contribution < -0.4 is 5.32 Å². The molecule has 1 rings (SSSR count). The van der Waals surface area contributed by atoms with E-state index in [9.17, 15) is 9.59 Å². The van der Waals surface area contributed by atoms with Crippen LogP contribution in [0.15, 0.2) is 28.7 Å². The van der Waals surface area contributed by atoms with Gasteiger partial charge in [-0.15, -0.1) is 0 Å². The summed E-state index contributed by atoms with van der Waals surface area (Å²) in [6.07, 6.45) is 0. The van der Waals surface area contributed by atoms with Gasteiger partial charge in [-0.05, 0) is 24.6 Å². The molecule has 0 fully saturated rings. The third-order valence-electron chi connectivity index (χ3n) is 3.28. The number of benzene rings is 1. The second-order valence-corrected chi connectivity index (χ2v) is 5.61. The van der Waals surface area contributed by atoms with Crippen molar-refractivity contribution in [2.24, 2.45) is 11.8 Å². The summed E-state index contributed by atoms with van der Waals surface area (Å²) in [4.78, 5) is 22.8. The van der Waals surface area contributed by atoms with Gasteiger partial charge in [-0.3, -0.25) is 9.59 Å². The number of carboxylic acids is 1. The minimum atomic E-state index is -0.959. The molecule has 19 heavy (non-hydrogen) atoms. The van der Waals surface area contributed by atoms with Crippen LogP contribution in [0.1, 0.15) is 32.4 Å². The highest BCUT2D eigenvalue weighted by molar-refractivity contribution is 9.10. The van der Waals surface area contributed by atoms with Gasteiger partial charge in [0.1, 0.15) is 0 Å². The predicted molar refractivity (Wildman–Crippen MR) is 76.7 cm³/mol. The number of hydrogen-bond acceptors (Lipinski definition) is 2. The van der Waals surface area contributed by atoms with Crippen LogP contribution in [0.4, 0.5) is 0 Å². The summed E-state index contributed by atoms with van der Waals surface area (Å²) in [6.45, 7) is 5.04. The summed E-state index contributed by atoms with van der Waals surface area (Å²) in [7, 11) is 0. The zero-order valence-electron chi connectivity index (χ0n) is 11.2. The zero-order chi connectivity index (χ0) is 14.6. The normalized spacial score (nSPS) is 15.4. The highest BCUT2D eigenvalue weighted by atomic mass is 79.9. The van der Waals surface area contributed by atoms with Crippen LogP contribution in [0.2, 0.25) is 0 Å². The SMILES string of the molecule is CC(C(=O)O)C(C)C(=O)N[C@@H](C)c1ccc(Br)cc1. The van der Waals surface area contributed by atoms with Crippen LogP contribution >= 0.6 is 15.9 Å². The summed E-state index contributed by atoms with van der Waals surface area (Å²) in [5, 5.41) is 11.7. The van der Waals surface area contributed by atoms with Gasteiger partial charge in [-0.2, -0.15) is 0 Å². The Morgan fingerprint density at radius 2 is 1.63 bits per heavy atom. The van der Waals surface area contributed by atoms with Crippen molar-refractivity contribution in [1.82, 2.24) is 5.32 Å². The topological polar surface area (TPSA) is 66.4 Å². The molecule has 4 nitrogen and oxygen atoms in total. The maximum Gasteiger partial charge on any atom is 0.307 e. The average Bonchev–Trinajstić information content (AvgIpc) is 2.37. The molecule has 2 unspecified atom stereocenters. The number of hydrogen-bond donors (Lipinski definition) is 2. The molecule has 0 saturated heterocycles. The minimum Gasteiger partial charge on any atom is -0.481 e. The van der Waals surface area contributed by atoms with Crippen molar-refractivity contribution < 1.29 is 14.7 Å². The average molecular weight is 328 g/mol. The van der Waals surface area contributed by atoms with Crippen LogP contribution in [-0.2, 0) is 9.59 Å². The molecule has 0 spiro atoms. The summed E-state index contributed by atoms with van der Waals surface area (Å²) >= 11 is 3.35. The Kier molecular flexibility index (Phi) is 5.54. The lowest BCUT2D eigenvalue weighted by atomic mass is 9.94. The first-order chi connectivity index (χ1) is 8.82. The van der Waals surface area contributed by atoms with Gasteiger partial charge < -0.3 is 10.4 Å². The van der Waals surface area contributed by atoms with Gasteiger partial charge in [-0.25, -0.2) is 0 Å². The number of amides is 1. The largest absolute Gasteiger partial charge is 0.481 e. The first kappa shape index (κ1) is 15.7. The molecule has 0 aromatic heterocycles. The number of carbonyl (C=O) groups excluding carboxylic acids is 1. The third kappa shape index (κ3) is 4.35.